The molecule has 1 aromatic rings. The second kappa shape index (κ2) is 8.79. The maximum absolute atomic E-state index is 11.8. The van der Waals surface area contributed by atoms with Crippen LogP contribution in [0, 0.1) is 19.8 Å². The van der Waals surface area contributed by atoms with Crippen molar-refractivity contribution in [3.63, 3.8) is 0 Å². The van der Waals surface area contributed by atoms with Crippen LogP contribution in [0.5, 0.6) is 5.75 Å². The molecule has 1 heterocycles. The first-order valence-corrected chi connectivity index (χ1v) is 8.32. The van der Waals surface area contributed by atoms with Crippen molar-refractivity contribution in [2.45, 2.75) is 39.5 Å². The topological polar surface area (TPSA) is 50.4 Å². The Morgan fingerprint density at radius 2 is 2.23 bits per heavy atom. The molecular formula is C18H28N2O2. The zero-order valence-corrected chi connectivity index (χ0v) is 13.8. The number of nitrogens with one attached hydrogen (secondary N) is 2. The molecule has 1 atom stereocenters. The molecule has 2 N–H and O–H groups in total. The van der Waals surface area contributed by atoms with Crippen LogP contribution in [0.15, 0.2) is 18.2 Å². The summed E-state index contributed by atoms with van der Waals surface area (Å²) < 4.78 is 5.70. The highest BCUT2D eigenvalue weighted by Gasteiger charge is 2.13. The summed E-state index contributed by atoms with van der Waals surface area (Å²) in [6.45, 7) is 7.68. The Morgan fingerprint density at radius 3 is 2.95 bits per heavy atom. The number of carbonyl (C=O) groups is 1. The van der Waals surface area contributed by atoms with E-state index in [1.165, 1.54) is 24.0 Å². The summed E-state index contributed by atoms with van der Waals surface area (Å²) in [5.41, 5.74) is 2.50. The molecule has 1 aliphatic rings. The first kappa shape index (κ1) is 16.8. The van der Waals surface area contributed by atoms with Crippen molar-refractivity contribution in [3.8, 4) is 5.75 Å². The molecule has 122 valence electrons. The lowest BCUT2D eigenvalue weighted by Crippen LogP contribution is -2.38. The van der Waals surface area contributed by atoms with Crippen molar-refractivity contribution in [1.29, 1.82) is 0 Å². The third kappa shape index (κ3) is 5.68. The second-order valence-corrected chi connectivity index (χ2v) is 6.21. The summed E-state index contributed by atoms with van der Waals surface area (Å²) in [6, 6.07) is 6.10. The van der Waals surface area contributed by atoms with E-state index in [4.69, 9.17) is 4.74 Å². The number of benzene rings is 1. The first-order chi connectivity index (χ1) is 10.6. The van der Waals surface area contributed by atoms with E-state index < -0.39 is 0 Å². The van der Waals surface area contributed by atoms with Gasteiger partial charge in [0.15, 0.2) is 0 Å². The van der Waals surface area contributed by atoms with E-state index in [-0.39, 0.29) is 5.91 Å². The lowest BCUT2D eigenvalue weighted by molar-refractivity contribution is -0.121. The van der Waals surface area contributed by atoms with Crippen molar-refractivity contribution >= 4 is 5.91 Å². The van der Waals surface area contributed by atoms with E-state index in [0.29, 0.717) is 18.9 Å². The standard InChI is InChI=1S/C18H28N2O2/c1-14-7-8-17(11-15(14)2)22-10-4-6-18(21)20-13-16-5-3-9-19-12-16/h7-8,11,16,19H,3-6,9-10,12-13H2,1-2H3,(H,20,21). The van der Waals surface area contributed by atoms with Crippen LogP contribution in [-0.2, 0) is 4.79 Å². The van der Waals surface area contributed by atoms with Crippen molar-refractivity contribution in [1.82, 2.24) is 10.6 Å². The van der Waals surface area contributed by atoms with Crippen LogP contribution in [0.3, 0.4) is 0 Å². The lowest BCUT2D eigenvalue weighted by Gasteiger charge is -2.22. The molecule has 22 heavy (non-hydrogen) atoms. The van der Waals surface area contributed by atoms with Crippen LogP contribution in [0.2, 0.25) is 0 Å². The Bertz CT molecular complexity index is 482. The fraction of sp³-hybridized carbons (Fsp3) is 0.611. The number of aryl methyl sites for hydroxylation is 2. The minimum Gasteiger partial charge on any atom is -0.494 e. The number of piperidine rings is 1. The van der Waals surface area contributed by atoms with Gasteiger partial charge in [-0.3, -0.25) is 4.79 Å². The van der Waals surface area contributed by atoms with Gasteiger partial charge in [-0.15, -0.1) is 0 Å². The van der Waals surface area contributed by atoms with Gasteiger partial charge in [-0.1, -0.05) is 6.07 Å². The van der Waals surface area contributed by atoms with Gasteiger partial charge in [0.1, 0.15) is 5.75 Å². The first-order valence-electron chi connectivity index (χ1n) is 8.32. The Hall–Kier alpha value is -1.55. The van der Waals surface area contributed by atoms with Crippen LogP contribution < -0.4 is 15.4 Å². The number of amides is 1. The van der Waals surface area contributed by atoms with Gasteiger partial charge in [-0.2, -0.15) is 0 Å². The number of hydrogen-bond donors (Lipinski definition) is 2. The van der Waals surface area contributed by atoms with Crippen LogP contribution in [0.25, 0.3) is 0 Å². The van der Waals surface area contributed by atoms with Gasteiger partial charge >= 0.3 is 0 Å². The van der Waals surface area contributed by atoms with Crippen LogP contribution in [0.4, 0.5) is 0 Å². The van der Waals surface area contributed by atoms with Gasteiger partial charge in [0, 0.05) is 13.0 Å². The molecule has 0 spiro atoms. The SMILES string of the molecule is Cc1ccc(OCCCC(=O)NCC2CCCNC2)cc1C. The van der Waals surface area contributed by atoms with Crippen LogP contribution in [-0.4, -0.2) is 32.1 Å². The summed E-state index contributed by atoms with van der Waals surface area (Å²) in [7, 11) is 0. The summed E-state index contributed by atoms with van der Waals surface area (Å²) >= 11 is 0. The van der Waals surface area contributed by atoms with Crippen molar-refractivity contribution in [3.05, 3.63) is 29.3 Å². The molecule has 0 saturated carbocycles. The average Bonchev–Trinajstić information content (AvgIpc) is 2.54. The molecule has 4 heteroatoms. The number of ether oxygens (including phenoxy) is 1. The molecule has 1 aromatic carbocycles. The Balaban J connectivity index is 1.57. The van der Waals surface area contributed by atoms with E-state index in [0.717, 1.165) is 31.8 Å². The van der Waals surface area contributed by atoms with E-state index in [2.05, 4.69) is 30.5 Å². The van der Waals surface area contributed by atoms with E-state index in [1.54, 1.807) is 0 Å². The van der Waals surface area contributed by atoms with Gasteiger partial charge in [-0.25, -0.2) is 0 Å². The van der Waals surface area contributed by atoms with Crippen molar-refractivity contribution in [2.75, 3.05) is 26.2 Å². The number of carbonyl (C=O) groups excluding carboxylic acids is 1. The predicted molar refractivity (Wildman–Crippen MR) is 89.2 cm³/mol. The number of rotatable bonds is 7. The average molecular weight is 304 g/mol. The number of hydrogen-bond acceptors (Lipinski definition) is 3. The second-order valence-electron chi connectivity index (χ2n) is 6.21. The lowest BCUT2D eigenvalue weighted by atomic mass is 10.00. The molecule has 0 radical (unpaired) electrons. The van der Waals surface area contributed by atoms with E-state index in [1.807, 2.05) is 12.1 Å². The highest BCUT2D eigenvalue weighted by molar-refractivity contribution is 5.75. The molecule has 4 nitrogen and oxygen atoms in total. The van der Waals surface area contributed by atoms with Crippen LogP contribution in [0.1, 0.15) is 36.8 Å². The normalized spacial score (nSPS) is 18.0. The molecule has 1 amide bonds. The molecule has 1 fully saturated rings. The van der Waals surface area contributed by atoms with Gasteiger partial charge < -0.3 is 15.4 Å². The van der Waals surface area contributed by atoms with Crippen molar-refractivity contribution in [2.24, 2.45) is 5.92 Å². The fourth-order valence-corrected chi connectivity index (χ4v) is 2.67. The minimum absolute atomic E-state index is 0.134. The molecule has 0 aromatic heterocycles. The van der Waals surface area contributed by atoms with Crippen LogP contribution >= 0.6 is 0 Å². The molecule has 1 saturated heterocycles. The predicted octanol–water partition coefficient (Wildman–Crippen LogP) is 2.58. The minimum atomic E-state index is 0.134. The highest BCUT2D eigenvalue weighted by Crippen LogP contribution is 2.16. The Kier molecular flexibility index (Phi) is 6.72. The van der Waals surface area contributed by atoms with Gasteiger partial charge in [0.05, 0.1) is 6.61 Å². The van der Waals surface area contributed by atoms with Gasteiger partial charge in [-0.05, 0) is 75.4 Å². The molecular weight excluding hydrogens is 276 g/mol. The van der Waals surface area contributed by atoms with E-state index >= 15 is 0 Å². The highest BCUT2D eigenvalue weighted by atomic mass is 16.5. The summed E-state index contributed by atoms with van der Waals surface area (Å²) in [6.07, 6.45) is 3.71. The molecule has 1 unspecified atom stereocenters. The van der Waals surface area contributed by atoms with Crippen molar-refractivity contribution < 1.29 is 9.53 Å². The van der Waals surface area contributed by atoms with Gasteiger partial charge in [0.25, 0.3) is 0 Å². The zero-order valence-electron chi connectivity index (χ0n) is 13.8. The zero-order chi connectivity index (χ0) is 15.8. The molecule has 0 aliphatic carbocycles. The third-order valence-electron chi connectivity index (χ3n) is 4.28. The molecule has 2 rings (SSSR count). The smallest absolute Gasteiger partial charge is 0.220 e. The maximum atomic E-state index is 11.8. The third-order valence-corrected chi connectivity index (χ3v) is 4.28. The largest absolute Gasteiger partial charge is 0.494 e. The summed E-state index contributed by atoms with van der Waals surface area (Å²) in [4.78, 5) is 11.8. The van der Waals surface area contributed by atoms with Gasteiger partial charge in [0.2, 0.25) is 5.91 Å². The Labute approximate surface area is 133 Å². The summed E-state index contributed by atoms with van der Waals surface area (Å²) in [5.74, 6) is 1.61. The molecule has 0 bridgehead atoms. The monoisotopic (exact) mass is 304 g/mol. The molecule has 1 aliphatic heterocycles. The van der Waals surface area contributed by atoms with E-state index in [9.17, 15) is 4.79 Å². The fourth-order valence-electron chi connectivity index (χ4n) is 2.67. The summed E-state index contributed by atoms with van der Waals surface area (Å²) in [5, 5.41) is 6.40. The maximum Gasteiger partial charge on any atom is 0.220 e. The Morgan fingerprint density at radius 1 is 1.36 bits per heavy atom. The quantitative estimate of drug-likeness (QED) is 0.761.